The Morgan fingerprint density at radius 1 is 1.10 bits per heavy atom. The van der Waals surface area contributed by atoms with Crippen LogP contribution in [0.3, 0.4) is 0 Å². The van der Waals surface area contributed by atoms with Gasteiger partial charge in [0.2, 0.25) is 0 Å². The Bertz CT molecular complexity index is 824. The molecule has 0 N–H and O–H groups in total. The van der Waals surface area contributed by atoms with Crippen molar-refractivity contribution < 1.29 is 18.7 Å². The Morgan fingerprint density at radius 2 is 1.79 bits per heavy atom. The summed E-state index contributed by atoms with van der Waals surface area (Å²) in [5.74, 6) is -0.249. The molecule has 2 aromatic carbocycles. The van der Waals surface area contributed by atoms with Gasteiger partial charge in [-0.25, -0.2) is 4.39 Å². The van der Waals surface area contributed by atoms with Crippen LogP contribution in [0.1, 0.15) is 34.6 Å². The molecule has 1 fully saturated rings. The normalized spacial score (nSPS) is 16.7. The van der Waals surface area contributed by atoms with Crippen molar-refractivity contribution >= 4 is 11.8 Å². The quantitative estimate of drug-likeness (QED) is 0.749. The number of nitrogens with zero attached hydrogens (tertiary/aromatic N) is 2. The van der Waals surface area contributed by atoms with Crippen LogP contribution in [0.2, 0.25) is 0 Å². The van der Waals surface area contributed by atoms with Crippen molar-refractivity contribution in [2.24, 2.45) is 5.92 Å². The number of rotatable bonds is 6. The van der Waals surface area contributed by atoms with E-state index >= 15 is 0 Å². The van der Waals surface area contributed by atoms with Gasteiger partial charge in [-0.15, -0.1) is 0 Å². The van der Waals surface area contributed by atoms with E-state index in [1.165, 1.54) is 24.3 Å². The summed E-state index contributed by atoms with van der Waals surface area (Å²) in [5.41, 5.74) is 1.09. The first-order chi connectivity index (χ1) is 13.9. The highest BCUT2D eigenvalue weighted by Crippen LogP contribution is 2.15. The summed E-state index contributed by atoms with van der Waals surface area (Å²) in [5, 5.41) is 0. The molecule has 1 heterocycles. The lowest BCUT2D eigenvalue weighted by molar-refractivity contribution is -0.0340. The second kappa shape index (κ2) is 9.65. The van der Waals surface area contributed by atoms with Crippen molar-refractivity contribution in [3.63, 3.8) is 0 Å². The van der Waals surface area contributed by atoms with Crippen molar-refractivity contribution in [3.05, 3.63) is 71.5 Å². The van der Waals surface area contributed by atoms with Crippen LogP contribution in [-0.2, 0) is 4.74 Å². The van der Waals surface area contributed by atoms with Gasteiger partial charge in [-0.3, -0.25) is 9.59 Å². The van der Waals surface area contributed by atoms with E-state index in [0.29, 0.717) is 49.8 Å². The van der Waals surface area contributed by atoms with E-state index in [1.54, 1.807) is 9.80 Å². The molecule has 1 aliphatic rings. The molecule has 29 heavy (non-hydrogen) atoms. The second-order valence-electron chi connectivity index (χ2n) is 7.72. The first-order valence-electron chi connectivity index (χ1n) is 9.95. The maximum atomic E-state index is 13.1. The number of benzene rings is 2. The number of carbonyl (C=O) groups excluding carboxylic acids is 2. The number of hydrogen-bond donors (Lipinski definition) is 0. The molecule has 1 saturated heterocycles. The Morgan fingerprint density at radius 3 is 2.45 bits per heavy atom. The number of morpholine rings is 1. The van der Waals surface area contributed by atoms with Crippen LogP contribution in [0.4, 0.5) is 4.39 Å². The van der Waals surface area contributed by atoms with E-state index in [1.807, 2.05) is 30.3 Å². The number of carbonyl (C=O) groups is 2. The first kappa shape index (κ1) is 21.0. The van der Waals surface area contributed by atoms with Gasteiger partial charge in [-0.1, -0.05) is 32.0 Å². The molecule has 1 aliphatic heterocycles. The summed E-state index contributed by atoms with van der Waals surface area (Å²) in [4.78, 5) is 29.2. The minimum Gasteiger partial charge on any atom is -0.373 e. The summed E-state index contributed by atoms with van der Waals surface area (Å²) in [7, 11) is 0. The number of amides is 2. The van der Waals surface area contributed by atoms with E-state index in [0.717, 1.165) is 0 Å². The summed E-state index contributed by atoms with van der Waals surface area (Å²) >= 11 is 0. The Balaban J connectivity index is 1.68. The molecule has 2 aromatic rings. The Hall–Kier alpha value is -2.73. The van der Waals surface area contributed by atoms with Crippen LogP contribution in [0.15, 0.2) is 54.6 Å². The van der Waals surface area contributed by atoms with Crippen molar-refractivity contribution in [3.8, 4) is 0 Å². The molecule has 0 radical (unpaired) electrons. The van der Waals surface area contributed by atoms with Gasteiger partial charge in [-0.2, -0.15) is 0 Å². The van der Waals surface area contributed by atoms with E-state index < -0.39 is 0 Å². The van der Waals surface area contributed by atoms with Crippen LogP contribution < -0.4 is 0 Å². The lowest BCUT2D eigenvalue weighted by Crippen LogP contribution is -2.51. The zero-order valence-electron chi connectivity index (χ0n) is 16.9. The monoisotopic (exact) mass is 398 g/mol. The van der Waals surface area contributed by atoms with Crippen LogP contribution in [0.5, 0.6) is 0 Å². The number of halogens is 1. The van der Waals surface area contributed by atoms with Crippen LogP contribution >= 0.6 is 0 Å². The average molecular weight is 398 g/mol. The van der Waals surface area contributed by atoms with Gasteiger partial charge in [0.15, 0.2) is 0 Å². The molecule has 2 amide bonds. The van der Waals surface area contributed by atoms with Crippen LogP contribution in [0.25, 0.3) is 0 Å². The average Bonchev–Trinajstić information content (AvgIpc) is 2.73. The fourth-order valence-corrected chi connectivity index (χ4v) is 3.48. The fourth-order valence-electron chi connectivity index (χ4n) is 3.48. The predicted octanol–water partition coefficient (Wildman–Crippen LogP) is 3.47. The molecule has 0 bridgehead atoms. The highest BCUT2D eigenvalue weighted by atomic mass is 19.1. The molecule has 0 spiro atoms. The van der Waals surface area contributed by atoms with E-state index in [-0.39, 0.29) is 23.7 Å². The number of ether oxygens (including phenoxy) is 1. The van der Waals surface area contributed by atoms with E-state index in [2.05, 4.69) is 13.8 Å². The van der Waals surface area contributed by atoms with Gasteiger partial charge in [0.1, 0.15) is 5.82 Å². The molecule has 0 aromatic heterocycles. The van der Waals surface area contributed by atoms with Gasteiger partial charge in [0, 0.05) is 37.3 Å². The molecule has 1 unspecified atom stereocenters. The van der Waals surface area contributed by atoms with Gasteiger partial charge in [-0.05, 0) is 42.3 Å². The highest BCUT2D eigenvalue weighted by Gasteiger charge is 2.28. The lowest BCUT2D eigenvalue weighted by atomic mass is 10.1. The number of hydrogen-bond acceptors (Lipinski definition) is 3. The minimum absolute atomic E-state index is 0.0371. The summed E-state index contributed by atoms with van der Waals surface area (Å²) < 4.78 is 19.0. The van der Waals surface area contributed by atoms with Gasteiger partial charge in [0.25, 0.3) is 11.8 Å². The summed E-state index contributed by atoms with van der Waals surface area (Å²) in [6, 6.07) is 14.7. The largest absolute Gasteiger partial charge is 0.373 e. The Labute approximate surface area is 171 Å². The van der Waals surface area contributed by atoms with Crippen molar-refractivity contribution in [1.82, 2.24) is 9.80 Å². The van der Waals surface area contributed by atoms with E-state index in [9.17, 15) is 14.0 Å². The third-order valence-electron chi connectivity index (χ3n) is 4.83. The third-order valence-corrected chi connectivity index (χ3v) is 4.83. The molecule has 3 rings (SSSR count). The van der Waals surface area contributed by atoms with Gasteiger partial charge < -0.3 is 14.5 Å². The highest BCUT2D eigenvalue weighted by molar-refractivity contribution is 5.95. The molecule has 1 atom stereocenters. The maximum Gasteiger partial charge on any atom is 0.254 e. The molecule has 6 heteroatoms. The summed E-state index contributed by atoms with van der Waals surface area (Å²) in [6.45, 7) is 6.44. The maximum absolute atomic E-state index is 13.1. The second-order valence-corrected chi connectivity index (χ2v) is 7.72. The fraction of sp³-hybridized carbons (Fsp3) is 0.391. The van der Waals surface area contributed by atoms with Crippen LogP contribution in [-0.4, -0.2) is 60.5 Å². The first-order valence-corrected chi connectivity index (χ1v) is 9.95. The zero-order chi connectivity index (χ0) is 20.8. The smallest absolute Gasteiger partial charge is 0.254 e. The topological polar surface area (TPSA) is 49.9 Å². The standard InChI is InChI=1S/C23H27FN2O3/c1-17(2)14-26(23(28)18-6-4-3-5-7-18)16-21-15-25(12-13-29-21)22(27)19-8-10-20(24)11-9-19/h3-11,17,21H,12-16H2,1-2H3. The zero-order valence-corrected chi connectivity index (χ0v) is 16.9. The SMILES string of the molecule is CC(C)CN(CC1CN(C(=O)c2ccc(F)cc2)CCO1)C(=O)c1ccccc1. The minimum atomic E-state index is -0.370. The van der Waals surface area contributed by atoms with Crippen molar-refractivity contribution in [2.75, 3.05) is 32.8 Å². The van der Waals surface area contributed by atoms with Crippen LogP contribution in [0, 0.1) is 11.7 Å². The molecule has 154 valence electrons. The molecule has 0 aliphatic carbocycles. The third kappa shape index (κ3) is 5.64. The van der Waals surface area contributed by atoms with Gasteiger partial charge >= 0.3 is 0 Å². The lowest BCUT2D eigenvalue weighted by Gasteiger charge is -2.36. The van der Waals surface area contributed by atoms with E-state index in [4.69, 9.17) is 4.74 Å². The Kier molecular flexibility index (Phi) is 6.99. The molecule has 5 nitrogen and oxygen atoms in total. The molecular weight excluding hydrogens is 371 g/mol. The molecular formula is C23H27FN2O3. The van der Waals surface area contributed by atoms with Gasteiger partial charge in [0.05, 0.1) is 12.7 Å². The summed E-state index contributed by atoms with van der Waals surface area (Å²) in [6.07, 6.45) is -0.264. The predicted molar refractivity (Wildman–Crippen MR) is 109 cm³/mol. The van der Waals surface area contributed by atoms with Crippen molar-refractivity contribution in [2.45, 2.75) is 20.0 Å². The van der Waals surface area contributed by atoms with Crippen molar-refractivity contribution in [1.29, 1.82) is 0 Å². The molecule has 0 saturated carbocycles.